The summed E-state index contributed by atoms with van der Waals surface area (Å²) < 4.78 is 5.13. The van der Waals surface area contributed by atoms with Crippen LogP contribution in [0.5, 0.6) is 5.75 Å². The Labute approximate surface area is 120 Å². The van der Waals surface area contributed by atoms with E-state index >= 15 is 0 Å². The number of ether oxygens (including phenoxy) is 1. The Morgan fingerprint density at radius 3 is 2.45 bits per heavy atom. The van der Waals surface area contributed by atoms with Gasteiger partial charge in [-0.1, -0.05) is 25.5 Å². The van der Waals surface area contributed by atoms with Gasteiger partial charge in [-0.05, 0) is 42.9 Å². The van der Waals surface area contributed by atoms with E-state index < -0.39 is 11.9 Å². The largest absolute Gasteiger partial charge is 0.497 e. The normalized spacial score (nSPS) is 13.8. The number of hydrogen-bond donors (Lipinski definition) is 2. The van der Waals surface area contributed by atoms with E-state index in [1.54, 1.807) is 7.11 Å². The lowest BCUT2D eigenvalue weighted by Crippen LogP contribution is -2.25. The molecule has 0 heterocycles. The Morgan fingerprint density at radius 1 is 1.35 bits per heavy atom. The number of rotatable bonds is 9. The van der Waals surface area contributed by atoms with Gasteiger partial charge in [0.1, 0.15) is 5.75 Å². The first-order chi connectivity index (χ1) is 9.60. The van der Waals surface area contributed by atoms with Gasteiger partial charge in [-0.3, -0.25) is 4.79 Å². The van der Waals surface area contributed by atoms with E-state index in [1.807, 2.05) is 12.1 Å². The van der Waals surface area contributed by atoms with Gasteiger partial charge in [0.2, 0.25) is 0 Å². The van der Waals surface area contributed by atoms with Crippen LogP contribution in [-0.4, -0.2) is 24.7 Å². The SMILES string of the molecule is CCC(CCc1ccc(OC)cc1)CC(CN)C(=O)O. The first-order valence-corrected chi connectivity index (χ1v) is 7.16. The predicted octanol–water partition coefficient (Wildman–Crippen LogP) is 2.70. The maximum absolute atomic E-state index is 11.0. The molecule has 0 aromatic heterocycles. The van der Waals surface area contributed by atoms with E-state index in [0.717, 1.165) is 25.0 Å². The van der Waals surface area contributed by atoms with Crippen LogP contribution >= 0.6 is 0 Å². The highest BCUT2D eigenvalue weighted by Gasteiger charge is 2.20. The highest BCUT2D eigenvalue weighted by molar-refractivity contribution is 5.70. The molecule has 0 spiro atoms. The van der Waals surface area contributed by atoms with Crippen molar-refractivity contribution in [3.8, 4) is 5.75 Å². The number of nitrogens with two attached hydrogens (primary N) is 1. The van der Waals surface area contributed by atoms with Crippen LogP contribution in [0.25, 0.3) is 0 Å². The maximum Gasteiger partial charge on any atom is 0.307 e. The van der Waals surface area contributed by atoms with Crippen molar-refractivity contribution < 1.29 is 14.6 Å². The lowest BCUT2D eigenvalue weighted by atomic mass is 9.88. The van der Waals surface area contributed by atoms with Crippen LogP contribution in [0.1, 0.15) is 31.7 Å². The summed E-state index contributed by atoms with van der Waals surface area (Å²) in [5.74, 6) is 0.0582. The lowest BCUT2D eigenvalue weighted by molar-refractivity contribution is -0.142. The van der Waals surface area contributed by atoms with Gasteiger partial charge in [-0.15, -0.1) is 0 Å². The number of aryl methyl sites for hydroxylation is 1. The minimum absolute atomic E-state index is 0.217. The number of carboxylic acids is 1. The Hall–Kier alpha value is -1.55. The molecule has 0 bridgehead atoms. The summed E-state index contributed by atoms with van der Waals surface area (Å²) in [6, 6.07) is 8.03. The van der Waals surface area contributed by atoms with Gasteiger partial charge in [-0.25, -0.2) is 0 Å². The quantitative estimate of drug-likeness (QED) is 0.729. The molecule has 0 saturated carbocycles. The molecular formula is C16H25NO3. The molecule has 0 aliphatic heterocycles. The summed E-state index contributed by atoms with van der Waals surface area (Å²) in [5, 5.41) is 9.07. The van der Waals surface area contributed by atoms with Gasteiger partial charge in [0, 0.05) is 6.54 Å². The monoisotopic (exact) mass is 279 g/mol. The molecule has 2 atom stereocenters. The Kier molecular flexibility index (Phi) is 7.09. The summed E-state index contributed by atoms with van der Waals surface area (Å²) >= 11 is 0. The van der Waals surface area contributed by atoms with Crippen molar-refractivity contribution in [2.45, 2.75) is 32.6 Å². The molecule has 4 heteroatoms. The first kappa shape index (κ1) is 16.5. The van der Waals surface area contributed by atoms with Crippen molar-refractivity contribution in [1.29, 1.82) is 0 Å². The van der Waals surface area contributed by atoms with Crippen LogP contribution in [0.15, 0.2) is 24.3 Å². The molecular weight excluding hydrogens is 254 g/mol. The van der Waals surface area contributed by atoms with Gasteiger partial charge < -0.3 is 15.6 Å². The number of hydrogen-bond acceptors (Lipinski definition) is 3. The third-order valence-electron chi connectivity index (χ3n) is 3.83. The van der Waals surface area contributed by atoms with Gasteiger partial charge in [-0.2, -0.15) is 0 Å². The second kappa shape index (κ2) is 8.59. The molecule has 0 saturated heterocycles. The number of aliphatic carboxylic acids is 1. The van der Waals surface area contributed by atoms with Crippen molar-refractivity contribution in [1.82, 2.24) is 0 Å². The number of benzene rings is 1. The van der Waals surface area contributed by atoms with E-state index in [-0.39, 0.29) is 6.54 Å². The number of methoxy groups -OCH3 is 1. The molecule has 0 aliphatic rings. The van der Waals surface area contributed by atoms with Crippen molar-refractivity contribution >= 4 is 5.97 Å². The standard InChI is InChI=1S/C16H25NO3/c1-3-12(10-14(11-17)16(18)19)4-5-13-6-8-15(20-2)9-7-13/h6-9,12,14H,3-5,10-11,17H2,1-2H3,(H,18,19). The number of carboxylic acid groups (broad SMARTS) is 1. The topological polar surface area (TPSA) is 72.5 Å². The molecule has 112 valence electrons. The highest BCUT2D eigenvalue weighted by Crippen LogP contribution is 2.22. The van der Waals surface area contributed by atoms with E-state index in [0.29, 0.717) is 12.3 Å². The molecule has 0 radical (unpaired) electrons. The predicted molar refractivity (Wildman–Crippen MR) is 79.9 cm³/mol. The average Bonchev–Trinajstić information content (AvgIpc) is 2.47. The summed E-state index contributed by atoms with van der Waals surface area (Å²) in [4.78, 5) is 11.0. The summed E-state index contributed by atoms with van der Waals surface area (Å²) in [6.45, 7) is 2.32. The molecule has 20 heavy (non-hydrogen) atoms. The molecule has 0 amide bonds. The molecule has 1 aromatic rings. The van der Waals surface area contributed by atoms with Crippen LogP contribution in [-0.2, 0) is 11.2 Å². The van der Waals surface area contributed by atoms with Gasteiger partial charge in [0.25, 0.3) is 0 Å². The van der Waals surface area contributed by atoms with E-state index in [4.69, 9.17) is 15.6 Å². The van der Waals surface area contributed by atoms with E-state index in [2.05, 4.69) is 19.1 Å². The smallest absolute Gasteiger partial charge is 0.307 e. The molecule has 1 aromatic carbocycles. The zero-order chi connectivity index (χ0) is 15.0. The third-order valence-corrected chi connectivity index (χ3v) is 3.83. The molecule has 0 aliphatic carbocycles. The van der Waals surface area contributed by atoms with Crippen LogP contribution in [0, 0.1) is 11.8 Å². The fraction of sp³-hybridized carbons (Fsp3) is 0.562. The average molecular weight is 279 g/mol. The van der Waals surface area contributed by atoms with Gasteiger partial charge >= 0.3 is 5.97 Å². The summed E-state index contributed by atoms with van der Waals surface area (Å²) in [7, 11) is 1.65. The number of carbonyl (C=O) groups is 1. The Morgan fingerprint density at radius 2 is 2.00 bits per heavy atom. The molecule has 1 rings (SSSR count). The second-order valence-corrected chi connectivity index (χ2v) is 5.17. The fourth-order valence-electron chi connectivity index (χ4n) is 2.35. The highest BCUT2D eigenvalue weighted by atomic mass is 16.5. The lowest BCUT2D eigenvalue weighted by Gasteiger charge is -2.18. The summed E-state index contributed by atoms with van der Waals surface area (Å²) in [6.07, 6.45) is 3.60. The molecule has 4 nitrogen and oxygen atoms in total. The summed E-state index contributed by atoms with van der Waals surface area (Å²) in [5.41, 5.74) is 6.77. The van der Waals surface area contributed by atoms with Crippen molar-refractivity contribution in [3.63, 3.8) is 0 Å². The first-order valence-electron chi connectivity index (χ1n) is 7.16. The Balaban J connectivity index is 2.49. The van der Waals surface area contributed by atoms with E-state index in [9.17, 15) is 4.79 Å². The minimum atomic E-state index is -0.782. The van der Waals surface area contributed by atoms with Crippen molar-refractivity contribution in [2.24, 2.45) is 17.6 Å². The molecule has 2 unspecified atom stereocenters. The zero-order valence-electron chi connectivity index (χ0n) is 12.3. The van der Waals surface area contributed by atoms with Crippen molar-refractivity contribution in [3.05, 3.63) is 29.8 Å². The van der Waals surface area contributed by atoms with Crippen LogP contribution < -0.4 is 10.5 Å². The van der Waals surface area contributed by atoms with Gasteiger partial charge in [0.15, 0.2) is 0 Å². The van der Waals surface area contributed by atoms with Crippen LogP contribution in [0.3, 0.4) is 0 Å². The van der Waals surface area contributed by atoms with Crippen LogP contribution in [0.2, 0.25) is 0 Å². The fourth-order valence-corrected chi connectivity index (χ4v) is 2.35. The van der Waals surface area contributed by atoms with Crippen LogP contribution in [0.4, 0.5) is 0 Å². The van der Waals surface area contributed by atoms with Crippen molar-refractivity contribution in [2.75, 3.05) is 13.7 Å². The van der Waals surface area contributed by atoms with E-state index in [1.165, 1.54) is 5.56 Å². The Bertz CT molecular complexity index is 403. The third kappa shape index (κ3) is 5.21. The zero-order valence-corrected chi connectivity index (χ0v) is 12.3. The second-order valence-electron chi connectivity index (χ2n) is 5.17. The molecule has 3 N–H and O–H groups in total. The van der Waals surface area contributed by atoms with Gasteiger partial charge in [0.05, 0.1) is 13.0 Å². The minimum Gasteiger partial charge on any atom is -0.497 e. The molecule has 0 fully saturated rings. The maximum atomic E-state index is 11.0.